The lowest BCUT2D eigenvalue weighted by Crippen LogP contribution is -2.28. The van der Waals surface area contributed by atoms with Crippen LogP contribution in [0.4, 0.5) is 28.4 Å². The molecule has 10 rings (SSSR count). The molecule has 0 heterocycles. The van der Waals surface area contributed by atoms with Gasteiger partial charge in [-0.1, -0.05) is 176 Å². The molecule has 0 saturated carbocycles. The molecule has 0 spiro atoms. The van der Waals surface area contributed by atoms with E-state index in [-0.39, 0.29) is 5.92 Å². The molecular weight excluding hydrogens is 701 g/mol. The molecule has 2 heteroatoms. The van der Waals surface area contributed by atoms with Crippen LogP contribution in [0.25, 0.3) is 39.5 Å². The summed E-state index contributed by atoms with van der Waals surface area (Å²) in [5.74, 6) is 0.535. The average molecular weight is 743 g/mol. The molecular formula is C56H42N2. The summed E-state index contributed by atoms with van der Waals surface area (Å²) < 4.78 is 0. The number of para-hydroxylation sites is 1. The van der Waals surface area contributed by atoms with E-state index in [2.05, 4.69) is 253 Å². The van der Waals surface area contributed by atoms with Crippen LogP contribution < -0.4 is 9.80 Å². The van der Waals surface area contributed by atoms with Gasteiger partial charge in [-0.15, -0.1) is 0 Å². The Bertz CT molecular complexity index is 2650. The van der Waals surface area contributed by atoms with Crippen molar-refractivity contribution in [3.63, 3.8) is 0 Å². The molecule has 0 aromatic heterocycles. The zero-order valence-electron chi connectivity index (χ0n) is 32.1. The Morgan fingerprint density at radius 2 is 0.621 bits per heavy atom. The number of allylic oxidation sites excluding steroid dienone is 4. The van der Waals surface area contributed by atoms with Gasteiger partial charge in [-0.05, 0) is 111 Å². The van der Waals surface area contributed by atoms with Crippen LogP contribution in [0.1, 0.15) is 17.0 Å². The largest absolute Gasteiger partial charge is 0.314 e. The number of rotatable bonds is 9. The van der Waals surface area contributed by atoms with E-state index in [0.29, 0.717) is 5.92 Å². The number of hydrogen-bond acceptors (Lipinski definition) is 2. The Labute approximate surface area is 341 Å². The molecule has 2 unspecified atom stereocenters. The number of hydrogen-bond donors (Lipinski definition) is 0. The van der Waals surface area contributed by atoms with Crippen LogP contribution in [-0.2, 0) is 0 Å². The Hall–Kier alpha value is -7.42. The molecule has 0 amide bonds. The van der Waals surface area contributed by atoms with Crippen LogP contribution in [0.3, 0.4) is 0 Å². The Morgan fingerprint density at radius 1 is 0.276 bits per heavy atom. The molecule has 0 fully saturated rings. The third kappa shape index (κ3) is 6.86. The number of fused-ring (bicyclic) bond motifs is 3. The summed E-state index contributed by atoms with van der Waals surface area (Å²) in [6.07, 6.45) is 11.5. The predicted molar refractivity (Wildman–Crippen MR) is 245 cm³/mol. The van der Waals surface area contributed by atoms with Gasteiger partial charge in [-0.25, -0.2) is 0 Å². The highest BCUT2D eigenvalue weighted by Gasteiger charge is 2.33. The highest BCUT2D eigenvalue weighted by atomic mass is 15.2. The first-order chi connectivity index (χ1) is 28.8. The first-order valence-corrected chi connectivity index (χ1v) is 20.1. The highest BCUT2D eigenvalue weighted by Crippen LogP contribution is 2.47. The van der Waals surface area contributed by atoms with Crippen LogP contribution in [0.15, 0.2) is 242 Å². The predicted octanol–water partition coefficient (Wildman–Crippen LogP) is 15.2. The maximum Gasteiger partial charge on any atom is 0.0462 e. The summed E-state index contributed by atoms with van der Waals surface area (Å²) >= 11 is 0. The Kier molecular flexibility index (Phi) is 9.43. The van der Waals surface area contributed by atoms with Gasteiger partial charge in [0.05, 0.1) is 0 Å². The minimum absolute atomic E-state index is 0.236. The van der Waals surface area contributed by atoms with Crippen molar-refractivity contribution in [3.8, 4) is 33.4 Å². The SMILES string of the molecule is C1=CC2C(N(c3ccccc3)c3ccc(-c4ccc(N(c5ccc(-c6ccccc6)cc5)c5ccc(-c6ccccc6)cc5)cc4)cc3)=Cc3ccccc3C2C=C1. The summed E-state index contributed by atoms with van der Waals surface area (Å²) in [6, 6.07) is 76.5. The van der Waals surface area contributed by atoms with Gasteiger partial charge in [0.15, 0.2) is 0 Å². The van der Waals surface area contributed by atoms with E-state index in [1.807, 2.05) is 0 Å². The van der Waals surface area contributed by atoms with Gasteiger partial charge >= 0.3 is 0 Å². The summed E-state index contributed by atoms with van der Waals surface area (Å²) in [5.41, 5.74) is 16.7. The van der Waals surface area contributed by atoms with Crippen LogP contribution in [0.5, 0.6) is 0 Å². The van der Waals surface area contributed by atoms with Crippen LogP contribution >= 0.6 is 0 Å². The van der Waals surface area contributed by atoms with Crippen LogP contribution in [0.2, 0.25) is 0 Å². The maximum atomic E-state index is 2.44. The first kappa shape index (κ1) is 35.0. The lowest BCUT2D eigenvalue weighted by molar-refractivity contribution is 0.643. The fourth-order valence-electron chi connectivity index (χ4n) is 8.55. The van der Waals surface area contributed by atoms with E-state index in [0.717, 1.165) is 28.4 Å². The summed E-state index contributed by atoms with van der Waals surface area (Å²) in [4.78, 5) is 4.78. The quantitative estimate of drug-likeness (QED) is 0.145. The van der Waals surface area contributed by atoms with Crippen molar-refractivity contribution in [2.75, 3.05) is 9.80 Å². The summed E-state index contributed by atoms with van der Waals surface area (Å²) in [6.45, 7) is 0. The monoisotopic (exact) mass is 742 g/mol. The van der Waals surface area contributed by atoms with Crippen molar-refractivity contribution < 1.29 is 0 Å². The second kappa shape index (κ2) is 15.6. The fraction of sp³-hybridized carbons (Fsp3) is 0.0357. The van der Waals surface area contributed by atoms with Gasteiger partial charge in [-0.3, -0.25) is 0 Å². The van der Waals surface area contributed by atoms with Gasteiger partial charge in [0, 0.05) is 46.0 Å². The zero-order valence-corrected chi connectivity index (χ0v) is 32.1. The standard InChI is InChI=1S/C56H42N2/c1-4-14-41(15-5-1)43-24-32-49(33-25-43)57(50-34-26-44(27-35-50)42-16-6-2-7-17-42)51-36-28-45(29-37-51)46-30-38-52(39-31-46)58(48-19-8-3-9-20-48)56-40-47-18-10-11-21-53(47)54-22-12-13-23-55(54)56/h1-40,54-55H. The number of nitrogens with zero attached hydrogens (tertiary/aromatic N) is 2. The van der Waals surface area contributed by atoms with E-state index >= 15 is 0 Å². The van der Waals surface area contributed by atoms with Gasteiger partial charge in [0.25, 0.3) is 0 Å². The number of anilines is 5. The molecule has 0 aliphatic heterocycles. The lowest BCUT2D eigenvalue weighted by atomic mass is 9.74. The molecule has 58 heavy (non-hydrogen) atoms. The van der Waals surface area contributed by atoms with Gasteiger partial charge in [0.2, 0.25) is 0 Å². The maximum absolute atomic E-state index is 2.44. The molecule has 8 aromatic rings. The van der Waals surface area contributed by atoms with E-state index in [9.17, 15) is 0 Å². The smallest absolute Gasteiger partial charge is 0.0462 e. The summed E-state index contributed by atoms with van der Waals surface area (Å²) in [7, 11) is 0. The van der Waals surface area contributed by atoms with E-state index in [4.69, 9.17) is 0 Å². The van der Waals surface area contributed by atoms with Crippen molar-refractivity contribution in [2.24, 2.45) is 5.92 Å². The van der Waals surface area contributed by atoms with E-state index < -0.39 is 0 Å². The minimum atomic E-state index is 0.236. The van der Waals surface area contributed by atoms with E-state index in [1.165, 1.54) is 50.2 Å². The molecule has 2 aliphatic rings. The van der Waals surface area contributed by atoms with Crippen molar-refractivity contribution in [2.45, 2.75) is 5.92 Å². The highest BCUT2D eigenvalue weighted by molar-refractivity contribution is 5.82. The molecule has 0 radical (unpaired) electrons. The Morgan fingerprint density at radius 3 is 1.09 bits per heavy atom. The van der Waals surface area contributed by atoms with Gasteiger partial charge in [-0.2, -0.15) is 0 Å². The zero-order chi connectivity index (χ0) is 38.7. The second-order valence-electron chi connectivity index (χ2n) is 14.9. The first-order valence-electron chi connectivity index (χ1n) is 20.1. The van der Waals surface area contributed by atoms with Crippen LogP contribution in [0, 0.1) is 5.92 Å². The van der Waals surface area contributed by atoms with E-state index in [1.54, 1.807) is 0 Å². The van der Waals surface area contributed by atoms with Crippen LogP contribution in [-0.4, -0.2) is 0 Å². The molecule has 2 aliphatic carbocycles. The van der Waals surface area contributed by atoms with Gasteiger partial charge in [0.1, 0.15) is 0 Å². The molecule has 8 aromatic carbocycles. The molecule has 0 saturated heterocycles. The lowest BCUT2D eigenvalue weighted by Gasteiger charge is -2.39. The third-order valence-electron chi connectivity index (χ3n) is 11.5. The molecule has 2 atom stereocenters. The Balaban J connectivity index is 0.979. The topological polar surface area (TPSA) is 6.48 Å². The molecule has 276 valence electrons. The van der Waals surface area contributed by atoms with Crippen molar-refractivity contribution in [3.05, 3.63) is 253 Å². The second-order valence-corrected chi connectivity index (χ2v) is 14.9. The molecule has 2 nitrogen and oxygen atoms in total. The summed E-state index contributed by atoms with van der Waals surface area (Å²) in [5, 5.41) is 0. The third-order valence-corrected chi connectivity index (χ3v) is 11.5. The fourth-order valence-corrected chi connectivity index (χ4v) is 8.55. The average Bonchev–Trinajstić information content (AvgIpc) is 3.31. The minimum Gasteiger partial charge on any atom is -0.314 e. The van der Waals surface area contributed by atoms with Crippen molar-refractivity contribution in [1.82, 2.24) is 0 Å². The number of benzene rings is 8. The molecule has 0 bridgehead atoms. The molecule has 0 N–H and O–H groups in total. The van der Waals surface area contributed by atoms with Gasteiger partial charge < -0.3 is 9.80 Å². The van der Waals surface area contributed by atoms with Crippen molar-refractivity contribution in [1.29, 1.82) is 0 Å². The van der Waals surface area contributed by atoms with Crippen molar-refractivity contribution >= 4 is 34.5 Å². The normalized spacial score (nSPS) is 15.2.